The number of alkyl halides is 3. The van der Waals surface area contributed by atoms with Gasteiger partial charge in [-0.1, -0.05) is 38.1 Å². The van der Waals surface area contributed by atoms with E-state index in [1.807, 2.05) is 30.3 Å². The molecule has 0 saturated carbocycles. The largest absolute Gasteiger partial charge is 0.489 e. The van der Waals surface area contributed by atoms with Gasteiger partial charge in [-0.3, -0.25) is 9.48 Å². The summed E-state index contributed by atoms with van der Waals surface area (Å²) >= 11 is 0. The van der Waals surface area contributed by atoms with Gasteiger partial charge in [0.15, 0.2) is 5.69 Å². The molecule has 5 nitrogen and oxygen atoms in total. The number of amides is 1. The van der Waals surface area contributed by atoms with Gasteiger partial charge in [0.25, 0.3) is 5.91 Å². The van der Waals surface area contributed by atoms with Crippen LogP contribution in [-0.4, -0.2) is 22.2 Å². The fourth-order valence-electron chi connectivity index (χ4n) is 3.33. The summed E-state index contributed by atoms with van der Waals surface area (Å²) in [6, 6.07) is 16.1. The molecule has 8 heteroatoms. The molecular formula is C25H28F3N3O2. The van der Waals surface area contributed by atoms with Crippen molar-refractivity contribution in [3.8, 4) is 5.75 Å². The number of aromatic nitrogens is 2. The van der Waals surface area contributed by atoms with Crippen LogP contribution in [0, 0.1) is 6.92 Å². The van der Waals surface area contributed by atoms with E-state index in [2.05, 4.69) is 24.3 Å². The van der Waals surface area contributed by atoms with E-state index in [1.54, 1.807) is 25.1 Å². The summed E-state index contributed by atoms with van der Waals surface area (Å²) in [7, 11) is 0. The van der Waals surface area contributed by atoms with Gasteiger partial charge in [-0.2, -0.15) is 18.3 Å². The summed E-state index contributed by atoms with van der Waals surface area (Å²) < 4.78 is 45.4. The van der Waals surface area contributed by atoms with Crippen molar-refractivity contribution in [2.45, 2.75) is 52.4 Å². The molecule has 1 heterocycles. The molecule has 0 bridgehead atoms. The molecule has 1 aromatic heterocycles. The Labute approximate surface area is 191 Å². The Morgan fingerprint density at radius 2 is 1.85 bits per heavy atom. The van der Waals surface area contributed by atoms with Gasteiger partial charge in [0.1, 0.15) is 12.4 Å². The fourth-order valence-corrected chi connectivity index (χ4v) is 3.33. The molecule has 0 spiro atoms. The van der Waals surface area contributed by atoms with Gasteiger partial charge >= 0.3 is 6.18 Å². The Bertz CT molecular complexity index is 1070. The molecule has 0 aliphatic heterocycles. The van der Waals surface area contributed by atoms with E-state index in [4.69, 9.17) is 4.74 Å². The number of benzene rings is 2. The van der Waals surface area contributed by atoms with E-state index < -0.39 is 11.9 Å². The second-order valence-electron chi connectivity index (χ2n) is 8.21. The summed E-state index contributed by atoms with van der Waals surface area (Å²) in [5.74, 6) is 0.971. The predicted molar refractivity (Wildman–Crippen MR) is 120 cm³/mol. The highest BCUT2D eigenvalue weighted by atomic mass is 19.4. The van der Waals surface area contributed by atoms with Crippen LogP contribution in [0.2, 0.25) is 0 Å². The third kappa shape index (κ3) is 6.84. The molecule has 3 rings (SSSR count). The Balaban J connectivity index is 1.48. The SMILES string of the molecule is Cc1cc(C(F)(F)F)nn1CCCNC(=O)c1cccc(COc2ccc(C(C)C)cc2)c1. The van der Waals surface area contributed by atoms with Crippen LogP contribution < -0.4 is 10.1 Å². The number of halogens is 3. The van der Waals surface area contributed by atoms with Gasteiger partial charge in [0.2, 0.25) is 0 Å². The Kier molecular flexibility index (Phi) is 7.79. The smallest absolute Gasteiger partial charge is 0.435 e. The van der Waals surface area contributed by atoms with Crippen LogP contribution >= 0.6 is 0 Å². The number of aryl methyl sites for hydroxylation is 2. The van der Waals surface area contributed by atoms with Crippen molar-refractivity contribution < 1.29 is 22.7 Å². The first-order valence-corrected chi connectivity index (χ1v) is 10.8. The number of carbonyl (C=O) groups excluding carboxylic acids is 1. The molecule has 0 aliphatic carbocycles. The van der Waals surface area contributed by atoms with Crippen LogP contribution in [0.25, 0.3) is 0 Å². The van der Waals surface area contributed by atoms with Gasteiger partial charge in [-0.25, -0.2) is 0 Å². The first-order valence-electron chi connectivity index (χ1n) is 10.8. The van der Waals surface area contributed by atoms with E-state index >= 15 is 0 Å². The Hall–Kier alpha value is -3.29. The van der Waals surface area contributed by atoms with Crippen molar-refractivity contribution in [2.24, 2.45) is 0 Å². The molecule has 0 fully saturated rings. The van der Waals surface area contributed by atoms with Gasteiger partial charge in [0.05, 0.1) is 0 Å². The van der Waals surface area contributed by atoms with Crippen LogP contribution in [-0.2, 0) is 19.3 Å². The Morgan fingerprint density at radius 3 is 2.48 bits per heavy atom. The highest BCUT2D eigenvalue weighted by molar-refractivity contribution is 5.94. The van der Waals surface area contributed by atoms with Crippen LogP contribution in [0.1, 0.15) is 59.1 Å². The van der Waals surface area contributed by atoms with Crippen molar-refractivity contribution in [2.75, 3.05) is 6.54 Å². The quantitative estimate of drug-likeness (QED) is 0.416. The third-order valence-electron chi connectivity index (χ3n) is 5.25. The minimum absolute atomic E-state index is 0.244. The zero-order valence-corrected chi connectivity index (χ0v) is 18.9. The number of hydrogen-bond acceptors (Lipinski definition) is 3. The van der Waals surface area contributed by atoms with Crippen LogP contribution in [0.3, 0.4) is 0 Å². The van der Waals surface area contributed by atoms with Crippen molar-refractivity contribution in [1.82, 2.24) is 15.1 Å². The second-order valence-corrected chi connectivity index (χ2v) is 8.21. The topological polar surface area (TPSA) is 56.2 Å². The number of nitrogens with zero attached hydrogens (tertiary/aromatic N) is 2. The van der Waals surface area contributed by atoms with Crippen LogP contribution in [0.4, 0.5) is 13.2 Å². The molecule has 3 aromatic rings. The molecule has 0 atom stereocenters. The lowest BCUT2D eigenvalue weighted by molar-refractivity contribution is -0.141. The average molecular weight is 460 g/mol. The van der Waals surface area contributed by atoms with Gasteiger partial charge < -0.3 is 10.1 Å². The number of nitrogens with one attached hydrogen (secondary N) is 1. The lowest BCUT2D eigenvalue weighted by Crippen LogP contribution is -2.25. The first-order chi connectivity index (χ1) is 15.6. The van der Waals surface area contributed by atoms with Crippen LogP contribution in [0.15, 0.2) is 54.6 Å². The molecule has 0 aliphatic rings. The second kappa shape index (κ2) is 10.6. The zero-order chi connectivity index (χ0) is 24.0. The maximum absolute atomic E-state index is 12.8. The highest BCUT2D eigenvalue weighted by Crippen LogP contribution is 2.28. The zero-order valence-electron chi connectivity index (χ0n) is 18.9. The molecule has 0 saturated heterocycles. The summed E-state index contributed by atoms with van der Waals surface area (Å²) in [5, 5.41) is 6.39. The van der Waals surface area contributed by atoms with E-state index in [0.717, 1.165) is 17.4 Å². The normalized spacial score (nSPS) is 11.6. The van der Waals surface area contributed by atoms with Crippen molar-refractivity contribution >= 4 is 5.91 Å². The van der Waals surface area contributed by atoms with Crippen molar-refractivity contribution in [3.63, 3.8) is 0 Å². The molecule has 2 aromatic carbocycles. The van der Waals surface area contributed by atoms with E-state index in [1.165, 1.54) is 10.2 Å². The Morgan fingerprint density at radius 1 is 1.12 bits per heavy atom. The summed E-state index contributed by atoms with van der Waals surface area (Å²) in [6.45, 7) is 6.78. The molecular weight excluding hydrogens is 431 g/mol. The standard InChI is InChI=1S/C25H28F3N3O2/c1-17(2)20-8-10-22(11-9-20)33-16-19-6-4-7-21(15-19)24(32)29-12-5-13-31-18(3)14-23(30-31)25(26,27)28/h4,6-11,14-15,17H,5,12-13,16H2,1-3H3,(H,29,32). The fraction of sp³-hybridized carbons (Fsp3) is 0.360. The molecule has 1 N–H and O–H groups in total. The lowest BCUT2D eigenvalue weighted by Gasteiger charge is -2.10. The van der Waals surface area contributed by atoms with Gasteiger partial charge in [-0.05, 0) is 60.7 Å². The number of rotatable bonds is 9. The predicted octanol–water partition coefficient (Wildman–Crippen LogP) is 5.73. The van der Waals surface area contributed by atoms with Crippen molar-refractivity contribution in [3.05, 3.63) is 82.7 Å². The molecule has 176 valence electrons. The lowest BCUT2D eigenvalue weighted by atomic mass is 10.0. The molecule has 1 amide bonds. The minimum atomic E-state index is -4.46. The first kappa shape index (κ1) is 24.4. The van der Waals surface area contributed by atoms with E-state index in [-0.39, 0.29) is 12.5 Å². The monoisotopic (exact) mass is 459 g/mol. The summed E-state index contributed by atoms with van der Waals surface area (Å²) in [4.78, 5) is 12.5. The van der Waals surface area contributed by atoms with Gasteiger partial charge in [0, 0.05) is 24.3 Å². The highest BCUT2D eigenvalue weighted by Gasteiger charge is 2.34. The van der Waals surface area contributed by atoms with Crippen LogP contribution in [0.5, 0.6) is 5.75 Å². The number of ether oxygens (including phenoxy) is 1. The third-order valence-corrected chi connectivity index (χ3v) is 5.25. The number of carbonyl (C=O) groups is 1. The van der Waals surface area contributed by atoms with E-state index in [0.29, 0.717) is 36.7 Å². The van der Waals surface area contributed by atoms with E-state index in [9.17, 15) is 18.0 Å². The average Bonchev–Trinajstić information content (AvgIpc) is 3.16. The van der Waals surface area contributed by atoms with Gasteiger partial charge in [-0.15, -0.1) is 0 Å². The summed E-state index contributed by atoms with van der Waals surface area (Å²) in [6.07, 6.45) is -4.00. The maximum atomic E-state index is 12.8. The summed E-state index contributed by atoms with van der Waals surface area (Å²) in [5.41, 5.74) is 2.13. The molecule has 33 heavy (non-hydrogen) atoms. The number of hydrogen-bond donors (Lipinski definition) is 1. The van der Waals surface area contributed by atoms with Crippen molar-refractivity contribution in [1.29, 1.82) is 0 Å². The maximum Gasteiger partial charge on any atom is 0.435 e. The molecule has 0 radical (unpaired) electrons. The minimum Gasteiger partial charge on any atom is -0.489 e. The molecule has 0 unspecified atom stereocenters.